The van der Waals surface area contributed by atoms with E-state index in [0.717, 1.165) is 24.3 Å². The van der Waals surface area contributed by atoms with E-state index in [-0.39, 0.29) is 5.91 Å². The number of nitrogen functional groups attached to an aromatic ring is 1. The first-order chi connectivity index (χ1) is 7.27. The molecule has 1 heterocycles. The molecule has 1 amide bonds. The van der Waals surface area contributed by atoms with Gasteiger partial charge in [0.25, 0.3) is 5.91 Å². The van der Waals surface area contributed by atoms with Crippen molar-refractivity contribution in [2.24, 2.45) is 5.84 Å². The number of carbonyl (C=O) groups excluding carboxylic acids is 1. The van der Waals surface area contributed by atoms with E-state index in [1.165, 1.54) is 11.3 Å². The summed E-state index contributed by atoms with van der Waals surface area (Å²) < 4.78 is 5.43. The van der Waals surface area contributed by atoms with E-state index in [4.69, 9.17) is 10.6 Å². The summed E-state index contributed by atoms with van der Waals surface area (Å²) >= 11 is 1.41. The smallest absolute Gasteiger partial charge is 0.275 e. The monoisotopic (exact) mass is 228 g/mol. The fraction of sp³-hybridized carbons (Fsp3) is 0.500. The zero-order chi connectivity index (χ0) is 11.1. The molecular formula is C10H16N2O2S. The molecule has 1 aromatic heterocycles. The van der Waals surface area contributed by atoms with Gasteiger partial charge in [-0.15, -0.1) is 11.3 Å². The van der Waals surface area contributed by atoms with Crippen LogP contribution in [-0.4, -0.2) is 12.5 Å². The highest BCUT2D eigenvalue weighted by Crippen LogP contribution is 2.17. The van der Waals surface area contributed by atoms with E-state index < -0.39 is 0 Å². The maximum absolute atomic E-state index is 11.1. The van der Waals surface area contributed by atoms with Gasteiger partial charge in [0, 0.05) is 11.5 Å². The molecule has 0 aliphatic carbocycles. The van der Waals surface area contributed by atoms with Crippen LogP contribution in [0.15, 0.2) is 12.1 Å². The number of rotatable bonds is 6. The second-order valence-electron chi connectivity index (χ2n) is 3.15. The van der Waals surface area contributed by atoms with E-state index in [9.17, 15) is 4.79 Å². The highest BCUT2D eigenvalue weighted by Gasteiger charge is 2.06. The van der Waals surface area contributed by atoms with E-state index in [1.54, 1.807) is 6.07 Å². The molecule has 4 nitrogen and oxygen atoms in total. The largest absolute Gasteiger partial charge is 0.376 e. The van der Waals surface area contributed by atoms with Gasteiger partial charge in [-0.2, -0.15) is 0 Å². The lowest BCUT2D eigenvalue weighted by Crippen LogP contribution is -2.29. The Morgan fingerprint density at radius 3 is 3.07 bits per heavy atom. The van der Waals surface area contributed by atoms with Crippen molar-refractivity contribution in [1.29, 1.82) is 0 Å². The molecule has 0 saturated heterocycles. The van der Waals surface area contributed by atoms with Crippen molar-refractivity contribution in [1.82, 2.24) is 5.43 Å². The average molecular weight is 228 g/mol. The molecule has 1 rings (SSSR count). The minimum atomic E-state index is -0.250. The first kappa shape index (κ1) is 12.2. The SMILES string of the molecule is CCCCOCc1ccc(C(=O)NN)s1. The van der Waals surface area contributed by atoms with Gasteiger partial charge in [0.2, 0.25) is 0 Å². The van der Waals surface area contributed by atoms with Gasteiger partial charge in [-0.3, -0.25) is 10.2 Å². The zero-order valence-corrected chi connectivity index (χ0v) is 9.60. The number of hydrogen-bond acceptors (Lipinski definition) is 4. The van der Waals surface area contributed by atoms with Crippen LogP contribution in [0.2, 0.25) is 0 Å². The molecule has 1 aromatic rings. The normalized spacial score (nSPS) is 10.3. The van der Waals surface area contributed by atoms with Crippen molar-refractivity contribution in [2.75, 3.05) is 6.61 Å². The summed E-state index contributed by atoms with van der Waals surface area (Å²) in [4.78, 5) is 12.8. The molecule has 0 atom stereocenters. The van der Waals surface area contributed by atoms with Crippen molar-refractivity contribution in [3.05, 3.63) is 21.9 Å². The Hall–Kier alpha value is -0.910. The number of unbranched alkanes of at least 4 members (excludes halogenated alkanes) is 1. The number of hydrazine groups is 1. The van der Waals surface area contributed by atoms with E-state index in [0.29, 0.717) is 11.5 Å². The molecule has 0 fully saturated rings. The van der Waals surface area contributed by atoms with Gasteiger partial charge in [0.1, 0.15) is 0 Å². The molecule has 3 N–H and O–H groups in total. The Morgan fingerprint density at radius 2 is 2.40 bits per heavy atom. The lowest BCUT2D eigenvalue weighted by molar-refractivity contribution is 0.0957. The Labute approximate surface area is 93.4 Å². The molecule has 0 bridgehead atoms. The second kappa shape index (κ2) is 6.55. The fourth-order valence-corrected chi connectivity index (χ4v) is 1.92. The molecule has 0 aliphatic heterocycles. The highest BCUT2D eigenvalue weighted by atomic mass is 32.1. The molecule has 15 heavy (non-hydrogen) atoms. The number of thiophene rings is 1. The maximum atomic E-state index is 11.1. The second-order valence-corrected chi connectivity index (χ2v) is 4.31. The first-order valence-corrected chi connectivity index (χ1v) is 5.77. The molecule has 0 aromatic carbocycles. The van der Waals surface area contributed by atoms with Gasteiger partial charge in [-0.25, -0.2) is 5.84 Å². The van der Waals surface area contributed by atoms with Crippen LogP contribution in [0, 0.1) is 0 Å². The predicted octanol–water partition coefficient (Wildman–Crippen LogP) is 1.67. The Kier molecular flexibility index (Phi) is 5.31. The van der Waals surface area contributed by atoms with Crippen LogP contribution < -0.4 is 11.3 Å². The third-order valence-electron chi connectivity index (χ3n) is 1.90. The Morgan fingerprint density at radius 1 is 1.60 bits per heavy atom. The summed E-state index contributed by atoms with van der Waals surface area (Å²) in [6.07, 6.45) is 2.20. The molecule has 0 aliphatic rings. The highest BCUT2D eigenvalue weighted by molar-refractivity contribution is 7.14. The van der Waals surface area contributed by atoms with E-state index in [2.05, 4.69) is 12.3 Å². The van der Waals surface area contributed by atoms with Crippen molar-refractivity contribution < 1.29 is 9.53 Å². The summed E-state index contributed by atoms with van der Waals surface area (Å²) in [6.45, 7) is 3.47. The number of hydrogen-bond donors (Lipinski definition) is 2. The van der Waals surface area contributed by atoms with Gasteiger partial charge >= 0.3 is 0 Å². The summed E-state index contributed by atoms with van der Waals surface area (Å²) in [5.74, 6) is 4.78. The molecular weight excluding hydrogens is 212 g/mol. The van der Waals surface area contributed by atoms with Crippen molar-refractivity contribution in [2.45, 2.75) is 26.4 Å². The summed E-state index contributed by atoms with van der Waals surface area (Å²) in [6, 6.07) is 3.65. The number of nitrogens with two attached hydrogens (primary N) is 1. The molecule has 0 radical (unpaired) electrons. The number of carbonyl (C=O) groups is 1. The molecule has 84 valence electrons. The lowest BCUT2D eigenvalue weighted by Gasteiger charge is -1.99. The topological polar surface area (TPSA) is 64.3 Å². The van der Waals surface area contributed by atoms with Crippen molar-refractivity contribution in [3.63, 3.8) is 0 Å². The fourth-order valence-electron chi connectivity index (χ4n) is 1.07. The van der Waals surface area contributed by atoms with Gasteiger partial charge in [-0.05, 0) is 18.6 Å². The summed E-state index contributed by atoms with van der Waals surface area (Å²) in [5, 5.41) is 0. The van der Waals surface area contributed by atoms with Crippen LogP contribution >= 0.6 is 11.3 Å². The third kappa shape index (κ3) is 3.99. The lowest BCUT2D eigenvalue weighted by atomic mass is 10.4. The zero-order valence-electron chi connectivity index (χ0n) is 8.79. The number of nitrogens with one attached hydrogen (secondary N) is 1. The van der Waals surface area contributed by atoms with Crippen LogP contribution in [0.25, 0.3) is 0 Å². The van der Waals surface area contributed by atoms with Crippen LogP contribution in [0.3, 0.4) is 0 Å². The predicted molar refractivity (Wildman–Crippen MR) is 60.5 cm³/mol. The van der Waals surface area contributed by atoms with Gasteiger partial charge < -0.3 is 4.74 Å². The number of amides is 1. The quantitative estimate of drug-likeness (QED) is 0.337. The third-order valence-corrected chi connectivity index (χ3v) is 2.96. The summed E-state index contributed by atoms with van der Waals surface area (Å²) in [5.41, 5.74) is 2.10. The minimum Gasteiger partial charge on any atom is -0.376 e. The Bertz CT molecular complexity index is 312. The van der Waals surface area contributed by atoms with Crippen molar-refractivity contribution >= 4 is 17.2 Å². The van der Waals surface area contributed by atoms with E-state index >= 15 is 0 Å². The van der Waals surface area contributed by atoms with Crippen LogP contribution in [0.5, 0.6) is 0 Å². The number of ether oxygens (including phenoxy) is 1. The maximum Gasteiger partial charge on any atom is 0.275 e. The van der Waals surface area contributed by atoms with E-state index in [1.807, 2.05) is 6.07 Å². The van der Waals surface area contributed by atoms with Gasteiger partial charge in [0.15, 0.2) is 0 Å². The molecule has 0 unspecified atom stereocenters. The molecule has 5 heteroatoms. The van der Waals surface area contributed by atoms with Crippen LogP contribution in [0.4, 0.5) is 0 Å². The average Bonchev–Trinajstić information content (AvgIpc) is 2.72. The summed E-state index contributed by atoms with van der Waals surface area (Å²) in [7, 11) is 0. The van der Waals surface area contributed by atoms with Gasteiger partial charge in [0.05, 0.1) is 11.5 Å². The minimum absolute atomic E-state index is 0.250. The van der Waals surface area contributed by atoms with Crippen LogP contribution in [0.1, 0.15) is 34.3 Å². The van der Waals surface area contributed by atoms with Crippen LogP contribution in [-0.2, 0) is 11.3 Å². The Balaban J connectivity index is 2.36. The molecule has 0 spiro atoms. The van der Waals surface area contributed by atoms with Gasteiger partial charge in [-0.1, -0.05) is 13.3 Å². The first-order valence-electron chi connectivity index (χ1n) is 4.95. The van der Waals surface area contributed by atoms with Crippen molar-refractivity contribution in [3.8, 4) is 0 Å². The molecule has 0 saturated carbocycles. The standard InChI is InChI=1S/C10H16N2O2S/c1-2-3-6-14-7-8-4-5-9(15-8)10(13)12-11/h4-5H,2-3,6-7,11H2,1H3,(H,12,13).